The first-order valence-corrected chi connectivity index (χ1v) is 10.8. The van der Waals surface area contributed by atoms with E-state index in [-0.39, 0.29) is 37.1 Å². The van der Waals surface area contributed by atoms with Gasteiger partial charge in [0.25, 0.3) is 5.56 Å². The van der Waals surface area contributed by atoms with Crippen molar-refractivity contribution in [3.8, 4) is 0 Å². The quantitative estimate of drug-likeness (QED) is 0.684. The number of pyridine rings is 1. The first-order valence-electron chi connectivity index (χ1n) is 10.8. The molecule has 2 fully saturated rings. The molecule has 170 valence electrons. The number of carbonyl (C=O) groups is 1. The highest BCUT2D eigenvalue weighted by molar-refractivity contribution is 5.82. The molecule has 2 aliphatic heterocycles. The molecule has 3 aliphatic rings. The Kier molecular flexibility index (Phi) is 6.00. The van der Waals surface area contributed by atoms with E-state index in [0.717, 1.165) is 12.8 Å². The van der Waals surface area contributed by atoms with Gasteiger partial charge in [-0.1, -0.05) is 12.2 Å². The van der Waals surface area contributed by atoms with Crippen LogP contribution in [0.2, 0.25) is 0 Å². The Morgan fingerprint density at radius 2 is 2.06 bits per heavy atom. The predicted octanol–water partition coefficient (Wildman–Crippen LogP) is 2.32. The van der Waals surface area contributed by atoms with Crippen LogP contribution in [0.3, 0.4) is 0 Å². The summed E-state index contributed by atoms with van der Waals surface area (Å²) < 4.78 is 40.8. The van der Waals surface area contributed by atoms with Crippen LogP contribution in [0, 0.1) is 17.8 Å². The second-order valence-corrected chi connectivity index (χ2v) is 8.82. The SMILES string of the molecule is C/C=C/c1ccc2n(c1=O)C[C@H]1[C@H](CO)[C@@H](C(=O)NCC3CC3)N(CCC(F)(F)F)[C@@H]21. The van der Waals surface area contributed by atoms with E-state index in [1.54, 1.807) is 40.7 Å². The number of carbonyl (C=O) groups excluding carboxylic acids is 1. The topological polar surface area (TPSA) is 74.6 Å². The summed E-state index contributed by atoms with van der Waals surface area (Å²) in [5.41, 5.74) is 0.918. The maximum absolute atomic E-state index is 13.1. The van der Waals surface area contributed by atoms with E-state index in [0.29, 0.717) is 23.7 Å². The van der Waals surface area contributed by atoms with Crippen LogP contribution in [0.1, 0.15) is 43.5 Å². The molecule has 3 heterocycles. The number of alkyl halides is 3. The summed E-state index contributed by atoms with van der Waals surface area (Å²) in [6, 6.07) is 2.08. The van der Waals surface area contributed by atoms with Crippen LogP contribution in [-0.4, -0.2) is 52.4 Å². The van der Waals surface area contributed by atoms with E-state index in [4.69, 9.17) is 0 Å². The molecule has 31 heavy (non-hydrogen) atoms. The second-order valence-electron chi connectivity index (χ2n) is 8.82. The molecule has 1 aromatic heterocycles. The van der Waals surface area contributed by atoms with E-state index in [1.165, 1.54) is 0 Å². The zero-order chi connectivity index (χ0) is 22.3. The van der Waals surface area contributed by atoms with Gasteiger partial charge in [-0.15, -0.1) is 0 Å². The normalized spacial score (nSPS) is 28.2. The zero-order valence-electron chi connectivity index (χ0n) is 17.4. The predicted molar refractivity (Wildman–Crippen MR) is 109 cm³/mol. The number of hydrogen-bond donors (Lipinski definition) is 2. The minimum atomic E-state index is -4.37. The number of amides is 1. The van der Waals surface area contributed by atoms with Crippen molar-refractivity contribution in [3.63, 3.8) is 0 Å². The summed E-state index contributed by atoms with van der Waals surface area (Å²) in [4.78, 5) is 27.4. The summed E-state index contributed by atoms with van der Waals surface area (Å²) >= 11 is 0. The Balaban J connectivity index is 1.69. The lowest BCUT2D eigenvalue weighted by molar-refractivity contribution is -0.143. The first-order chi connectivity index (χ1) is 14.7. The summed E-state index contributed by atoms with van der Waals surface area (Å²) in [6.07, 6.45) is 0.122. The molecule has 0 bridgehead atoms. The molecule has 1 amide bonds. The number of fused-ring (bicyclic) bond motifs is 3. The summed E-state index contributed by atoms with van der Waals surface area (Å²) in [5.74, 6) is -0.738. The summed E-state index contributed by atoms with van der Waals surface area (Å²) in [7, 11) is 0. The van der Waals surface area contributed by atoms with Gasteiger partial charge in [0.05, 0.1) is 18.5 Å². The summed E-state index contributed by atoms with van der Waals surface area (Å²) in [6.45, 7) is 1.92. The second kappa shape index (κ2) is 8.43. The van der Waals surface area contributed by atoms with Gasteiger partial charge in [-0.05, 0) is 37.8 Å². The minimum absolute atomic E-state index is 0.202. The van der Waals surface area contributed by atoms with E-state index in [9.17, 15) is 27.9 Å². The fraction of sp³-hybridized carbons (Fsp3) is 0.636. The Labute approximate surface area is 178 Å². The zero-order valence-corrected chi connectivity index (χ0v) is 17.4. The number of aliphatic hydroxyl groups is 1. The molecule has 0 unspecified atom stereocenters. The third kappa shape index (κ3) is 4.30. The first kappa shape index (κ1) is 22.1. The van der Waals surface area contributed by atoms with Crippen LogP contribution in [0.5, 0.6) is 0 Å². The van der Waals surface area contributed by atoms with Gasteiger partial charge >= 0.3 is 6.18 Å². The number of likely N-dealkylation sites (tertiary alicyclic amines) is 1. The van der Waals surface area contributed by atoms with Crippen LogP contribution in [0.25, 0.3) is 6.08 Å². The third-order valence-corrected chi connectivity index (χ3v) is 6.75. The average Bonchev–Trinajstić information content (AvgIpc) is 3.39. The molecule has 1 aromatic rings. The molecule has 4 atom stereocenters. The van der Waals surface area contributed by atoms with Gasteiger partial charge in [0.1, 0.15) is 0 Å². The highest BCUT2D eigenvalue weighted by Crippen LogP contribution is 2.49. The van der Waals surface area contributed by atoms with E-state index < -0.39 is 30.6 Å². The maximum Gasteiger partial charge on any atom is 0.390 e. The number of aromatic nitrogens is 1. The van der Waals surface area contributed by atoms with Crippen LogP contribution in [0.15, 0.2) is 23.0 Å². The van der Waals surface area contributed by atoms with Crippen LogP contribution >= 0.6 is 0 Å². The highest BCUT2D eigenvalue weighted by Gasteiger charge is 2.55. The Hall–Kier alpha value is -2.13. The Bertz CT molecular complexity index is 923. The number of hydrogen-bond acceptors (Lipinski definition) is 4. The standard InChI is InChI=1S/C22H28F3N3O3/c1-2-3-14-6-7-17-18-15(11-28(17)21(14)31)16(12-29)19(20(30)26-10-13-4-5-13)27(18)9-8-22(23,24)25/h2-3,6-7,13,15-16,18-19,29H,4-5,8-12H2,1H3,(H,26,30)/b3-2+/t15-,16-,18+,19-/m0/s1. The molecule has 0 radical (unpaired) electrons. The third-order valence-electron chi connectivity index (χ3n) is 6.75. The van der Waals surface area contributed by atoms with E-state index in [1.807, 2.05) is 0 Å². The molecular formula is C22H28F3N3O3. The lowest BCUT2D eigenvalue weighted by Gasteiger charge is -2.31. The number of halogens is 3. The van der Waals surface area contributed by atoms with Gasteiger partial charge in [-0.2, -0.15) is 13.2 Å². The van der Waals surface area contributed by atoms with Gasteiger partial charge < -0.3 is 15.0 Å². The minimum Gasteiger partial charge on any atom is -0.396 e. The lowest BCUT2D eigenvalue weighted by Crippen LogP contribution is -2.49. The lowest BCUT2D eigenvalue weighted by atomic mass is 9.88. The molecule has 4 rings (SSSR count). The molecule has 1 saturated carbocycles. The monoisotopic (exact) mass is 439 g/mol. The smallest absolute Gasteiger partial charge is 0.390 e. The largest absolute Gasteiger partial charge is 0.396 e. The van der Waals surface area contributed by atoms with Crippen molar-refractivity contribution in [1.82, 2.24) is 14.8 Å². The van der Waals surface area contributed by atoms with Crippen LogP contribution in [-0.2, 0) is 11.3 Å². The fourth-order valence-corrected chi connectivity index (χ4v) is 5.12. The molecule has 0 aromatic carbocycles. The van der Waals surface area contributed by atoms with Crippen molar-refractivity contribution < 1.29 is 23.1 Å². The molecule has 0 spiro atoms. The van der Waals surface area contributed by atoms with Crippen molar-refractivity contribution in [1.29, 1.82) is 0 Å². The molecule has 6 nitrogen and oxygen atoms in total. The van der Waals surface area contributed by atoms with Crippen molar-refractivity contribution >= 4 is 12.0 Å². The van der Waals surface area contributed by atoms with Gasteiger partial charge in [0.2, 0.25) is 5.91 Å². The van der Waals surface area contributed by atoms with Gasteiger partial charge in [0.15, 0.2) is 0 Å². The molecular weight excluding hydrogens is 411 g/mol. The maximum atomic E-state index is 13.1. The van der Waals surface area contributed by atoms with Crippen LogP contribution in [0.4, 0.5) is 13.2 Å². The Morgan fingerprint density at radius 1 is 1.32 bits per heavy atom. The van der Waals surface area contributed by atoms with Crippen molar-refractivity contribution in [2.45, 2.75) is 51.0 Å². The number of rotatable bonds is 7. The highest BCUT2D eigenvalue weighted by atomic mass is 19.4. The van der Waals surface area contributed by atoms with Gasteiger partial charge in [-0.25, -0.2) is 0 Å². The molecule has 1 saturated heterocycles. The van der Waals surface area contributed by atoms with Gasteiger partial charge in [-0.3, -0.25) is 14.5 Å². The summed E-state index contributed by atoms with van der Waals surface area (Å²) in [5, 5.41) is 13.0. The fourth-order valence-electron chi connectivity index (χ4n) is 5.12. The average molecular weight is 439 g/mol. The van der Waals surface area contributed by atoms with Crippen molar-refractivity contribution in [2.24, 2.45) is 17.8 Å². The molecule has 2 N–H and O–H groups in total. The Morgan fingerprint density at radius 3 is 2.68 bits per heavy atom. The number of nitrogens with one attached hydrogen (secondary N) is 1. The van der Waals surface area contributed by atoms with Gasteiger partial charge in [0, 0.05) is 49.3 Å². The number of nitrogens with zero attached hydrogens (tertiary/aromatic N) is 2. The van der Waals surface area contributed by atoms with Crippen molar-refractivity contribution in [3.05, 3.63) is 39.8 Å². The van der Waals surface area contributed by atoms with Crippen molar-refractivity contribution in [2.75, 3.05) is 19.7 Å². The molecule has 9 heteroatoms. The van der Waals surface area contributed by atoms with E-state index in [2.05, 4.69) is 5.32 Å². The van der Waals surface area contributed by atoms with E-state index >= 15 is 0 Å². The number of aliphatic hydroxyl groups excluding tert-OH is 1. The molecule has 1 aliphatic carbocycles. The number of allylic oxidation sites excluding steroid dienone is 1. The van der Waals surface area contributed by atoms with Crippen LogP contribution < -0.4 is 10.9 Å².